The van der Waals surface area contributed by atoms with Crippen LogP contribution in [-0.2, 0) is 4.74 Å². The van der Waals surface area contributed by atoms with Crippen molar-refractivity contribution in [2.75, 3.05) is 32.9 Å². The lowest BCUT2D eigenvalue weighted by Crippen LogP contribution is -2.22. The molecule has 3 nitrogen and oxygen atoms in total. The number of para-hydroxylation sites is 1. The van der Waals surface area contributed by atoms with Gasteiger partial charge in [0.2, 0.25) is 0 Å². The van der Waals surface area contributed by atoms with E-state index < -0.39 is 0 Å². The highest BCUT2D eigenvalue weighted by Crippen LogP contribution is 2.08. The molecule has 0 amide bonds. The molecule has 0 aliphatic carbocycles. The number of rotatable bonds is 6. The van der Waals surface area contributed by atoms with Gasteiger partial charge in [-0.3, -0.25) is 0 Å². The van der Waals surface area contributed by atoms with E-state index in [1.165, 1.54) is 5.57 Å². The van der Waals surface area contributed by atoms with E-state index >= 15 is 0 Å². The van der Waals surface area contributed by atoms with Crippen LogP contribution in [0.3, 0.4) is 0 Å². The monoisotopic (exact) mass is 233 g/mol. The van der Waals surface area contributed by atoms with Crippen LogP contribution in [0.4, 0.5) is 0 Å². The molecule has 92 valence electrons. The summed E-state index contributed by atoms with van der Waals surface area (Å²) in [5.74, 6) is 0.900. The second kappa shape index (κ2) is 7.09. The van der Waals surface area contributed by atoms with Crippen LogP contribution in [0.25, 0.3) is 0 Å². The smallest absolute Gasteiger partial charge is 0.119 e. The van der Waals surface area contributed by atoms with Crippen LogP contribution >= 0.6 is 0 Å². The van der Waals surface area contributed by atoms with Gasteiger partial charge in [0.1, 0.15) is 12.4 Å². The Hall–Kier alpha value is -1.32. The van der Waals surface area contributed by atoms with Crippen molar-refractivity contribution in [2.45, 2.75) is 6.42 Å². The van der Waals surface area contributed by atoms with Crippen molar-refractivity contribution in [1.29, 1.82) is 0 Å². The van der Waals surface area contributed by atoms with E-state index in [-0.39, 0.29) is 0 Å². The minimum atomic E-state index is 0.607. The molecule has 3 heteroatoms. The van der Waals surface area contributed by atoms with Gasteiger partial charge in [-0.1, -0.05) is 24.3 Å². The third-order valence-electron chi connectivity index (χ3n) is 2.69. The molecule has 0 saturated heterocycles. The highest BCUT2D eigenvalue weighted by molar-refractivity contribution is 5.20. The molecule has 0 spiro atoms. The highest BCUT2D eigenvalue weighted by atomic mass is 16.5. The van der Waals surface area contributed by atoms with Crippen LogP contribution in [0.1, 0.15) is 6.42 Å². The number of hydrogen-bond acceptors (Lipinski definition) is 3. The quantitative estimate of drug-likeness (QED) is 0.602. The van der Waals surface area contributed by atoms with Crippen molar-refractivity contribution in [3.8, 4) is 5.75 Å². The molecular weight excluding hydrogens is 214 g/mol. The Balaban J connectivity index is 1.56. The fraction of sp³-hybridized carbons (Fsp3) is 0.429. The SMILES string of the molecule is C1=C(COCCOc2ccccc2)CCNC1. The van der Waals surface area contributed by atoms with Crippen LogP contribution in [0.15, 0.2) is 42.0 Å². The van der Waals surface area contributed by atoms with E-state index in [0.29, 0.717) is 13.2 Å². The Morgan fingerprint density at radius 2 is 2.00 bits per heavy atom. The van der Waals surface area contributed by atoms with Gasteiger partial charge in [0.05, 0.1) is 13.2 Å². The lowest BCUT2D eigenvalue weighted by molar-refractivity contribution is 0.114. The summed E-state index contributed by atoms with van der Waals surface area (Å²) in [5.41, 5.74) is 1.39. The second-order valence-electron chi connectivity index (χ2n) is 4.03. The summed E-state index contributed by atoms with van der Waals surface area (Å²) < 4.78 is 11.1. The summed E-state index contributed by atoms with van der Waals surface area (Å²) in [5, 5.41) is 3.28. The molecule has 1 aromatic rings. The topological polar surface area (TPSA) is 30.5 Å². The van der Waals surface area contributed by atoms with Crippen molar-refractivity contribution in [1.82, 2.24) is 5.32 Å². The first kappa shape index (κ1) is 12.1. The maximum atomic E-state index is 5.57. The van der Waals surface area contributed by atoms with Crippen LogP contribution in [-0.4, -0.2) is 32.9 Å². The maximum Gasteiger partial charge on any atom is 0.119 e. The van der Waals surface area contributed by atoms with Crippen molar-refractivity contribution in [3.63, 3.8) is 0 Å². The van der Waals surface area contributed by atoms with Crippen molar-refractivity contribution in [2.24, 2.45) is 0 Å². The van der Waals surface area contributed by atoms with Crippen molar-refractivity contribution < 1.29 is 9.47 Å². The molecule has 1 heterocycles. The third kappa shape index (κ3) is 4.59. The molecule has 17 heavy (non-hydrogen) atoms. The Kier molecular flexibility index (Phi) is 5.07. The van der Waals surface area contributed by atoms with Crippen molar-refractivity contribution >= 4 is 0 Å². The standard InChI is InChI=1S/C14H19NO2/c1-2-4-14(5-3-1)17-11-10-16-12-13-6-8-15-9-7-13/h1-6,15H,7-12H2. The molecule has 0 aromatic heterocycles. The molecule has 0 fully saturated rings. The number of nitrogens with one attached hydrogen (secondary N) is 1. The molecule has 0 atom stereocenters. The summed E-state index contributed by atoms with van der Waals surface area (Å²) in [4.78, 5) is 0. The van der Waals surface area contributed by atoms with Crippen LogP contribution in [0, 0.1) is 0 Å². The minimum absolute atomic E-state index is 0.607. The van der Waals surface area contributed by atoms with Gasteiger partial charge in [-0.15, -0.1) is 0 Å². The zero-order valence-corrected chi connectivity index (χ0v) is 10.0. The molecule has 1 N–H and O–H groups in total. The van der Waals surface area contributed by atoms with Gasteiger partial charge in [0, 0.05) is 6.54 Å². The molecule has 1 aliphatic rings. The fourth-order valence-corrected chi connectivity index (χ4v) is 1.74. The molecule has 1 aliphatic heterocycles. The maximum absolute atomic E-state index is 5.57. The van der Waals surface area contributed by atoms with Gasteiger partial charge in [-0.2, -0.15) is 0 Å². The lowest BCUT2D eigenvalue weighted by Gasteiger charge is -2.14. The van der Waals surface area contributed by atoms with Gasteiger partial charge in [-0.25, -0.2) is 0 Å². The average molecular weight is 233 g/mol. The van der Waals surface area contributed by atoms with Gasteiger partial charge in [0.15, 0.2) is 0 Å². The van der Waals surface area contributed by atoms with E-state index in [0.717, 1.165) is 31.9 Å². The fourth-order valence-electron chi connectivity index (χ4n) is 1.74. The van der Waals surface area contributed by atoms with E-state index in [1.54, 1.807) is 0 Å². The average Bonchev–Trinajstić information content (AvgIpc) is 2.41. The summed E-state index contributed by atoms with van der Waals surface area (Å²) >= 11 is 0. The largest absolute Gasteiger partial charge is 0.491 e. The number of benzene rings is 1. The first-order valence-electron chi connectivity index (χ1n) is 6.09. The van der Waals surface area contributed by atoms with Crippen molar-refractivity contribution in [3.05, 3.63) is 42.0 Å². The Labute approximate surface area is 102 Å². The van der Waals surface area contributed by atoms with Crippen LogP contribution in [0.2, 0.25) is 0 Å². The van der Waals surface area contributed by atoms with Gasteiger partial charge in [-0.05, 0) is 30.7 Å². The number of hydrogen-bond donors (Lipinski definition) is 1. The Bertz CT molecular complexity index is 348. The van der Waals surface area contributed by atoms with E-state index in [1.807, 2.05) is 30.3 Å². The van der Waals surface area contributed by atoms with E-state index in [2.05, 4.69) is 11.4 Å². The van der Waals surface area contributed by atoms with Gasteiger partial charge >= 0.3 is 0 Å². The summed E-state index contributed by atoms with van der Waals surface area (Å²) in [6.45, 7) is 4.02. The molecule has 0 radical (unpaired) electrons. The summed E-state index contributed by atoms with van der Waals surface area (Å²) in [6, 6.07) is 9.82. The molecule has 0 bridgehead atoms. The zero-order chi connectivity index (χ0) is 11.8. The zero-order valence-electron chi connectivity index (χ0n) is 10.0. The second-order valence-corrected chi connectivity index (χ2v) is 4.03. The van der Waals surface area contributed by atoms with E-state index in [4.69, 9.17) is 9.47 Å². The molecule has 2 rings (SSSR count). The first-order valence-corrected chi connectivity index (χ1v) is 6.09. The van der Waals surface area contributed by atoms with E-state index in [9.17, 15) is 0 Å². The highest BCUT2D eigenvalue weighted by Gasteiger charge is 2.02. The van der Waals surface area contributed by atoms with Crippen LogP contribution < -0.4 is 10.1 Å². The molecule has 0 saturated carbocycles. The third-order valence-corrected chi connectivity index (χ3v) is 2.69. The van der Waals surface area contributed by atoms with Gasteiger partial charge in [0.25, 0.3) is 0 Å². The summed E-state index contributed by atoms with van der Waals surface area (Å²) in [6.07, 6.45) is 3.31. The van der Waals surface area contributed by atoms with Crippen LogP contribution in [0.5, 0.6) is 5.75 Å². The first-order chi connectivity index (χ1) is 8.45. The molecule has 0 unspecified atom stereocenters. The normalized spacial score (nSPS) is 15.4. The van der Waals surface area contributed by atoms with Gasteiger partial charge < -0.3 is 14.8 Å². The minimum Gasteiger partial charge on any atom is -0.491 e. The molecular formula is C14H19NO2. The predicted molar refractivity (Wildman–Crippen MR) is 68.3 cm³/mol. The lowest BCUT2D eigenvalue weighted by atomic mass is 10.1. The number of ether oxygens (including phenoxy) is 2. The Morgan fingerprint density at radius 1 is 1.12 bits per heavy atom. The Morgan fingerprint density at radius 3 is 2.76 bits per heavy atom. The summed E-state index contributed by atoms with van der Waals surface area (Å²) in [7, 11) is 0. The molecule has 1 aromatic carbocycles. The predicted octanol–water partition coefficient (Wildman–Crippen LogP) is 2.00.